The van der Waals surface area contributed by atoms with Crippen molar-refractivity contribution in [2.45, 2.75) is 25.2 Å². The van der Waals surface area contributed by atoms with Crippen LogP contribution in [0.5, 0.6) is 0 Å². The number of piperidine rings is 1. The van der Waals surface area contributed by atoms with Crippen LogP contribution in [0.15, 0.2) is 54.7 Å². The summed E-state index contributed by atoms with van der Waals surface area (Å²) in [5, 5.41) is 2.94. The zero-order valence-corrected chi connectivity index (χ0v) is 13.7. The number of hydrogen-bond acceptors (Lipinski definition) is 3. The summed E-state index contributed by atoms with van der Waals surface area (Å²) in [6, 6.07) is 15.2. The number of rotatable bonds is 3. The first-order chi connectivity index (χ1) is 11.6. The van der Waals surface area contributed by atoms with Gasteiger partial charge in [0.15, 0.2) is 0 Å². The van der Waals surface area contributed by atoms with Gasteiger partial charge in [-0.3, -0.25) is 9.59 Å². The third-order valence-corrected chi connectivity index (χ3v) is 4.73. The summed E-state index contributed by atoms with van der Waals surface area (Å²) < 4.78 is 0. The molecule has 1 aromatic heterocycles. The van der Waals surface area contributed by atoms with Gasteiger partial charge >= 0.3 is 0 Å². The smallest absolute Gasteiger partial charge is 0.236 e. The van der Waals surface area contributed by atoms with Gasteiger partial charge in [-0.2, -0.15) is 0 Å². The summed E-state index contributed by atoms with van der Waals surface area (Å²) >= 11 is 0. The Labute approximate surface area is 141 Å². The quantitative estimate of drug-likeness (QED) is 0.944. The molecule has 0 bridgehead atoms. The van der Waals surface area contributed by atoms with E-state index in [0.717, 1.165) is 5.56 Å². The Balaban J connectivity index is 1.89. The summed E-state index contributed by atoms with van der Waals surface area (Å²) in [6.07, 6.45) is 2.87. The summed E-state index contributed by atoms with van der Waals surface area (Å²) in [7, 11) is 0. The summed E-state index contributed by atoms with van der Waals surface area (Å²) in [4.78, 5) is 30.7. The Bertz CT molecular complexity index is 708. The molecule has 0 unspecified atom stereocenters. The predicted octanol–water partition coefficient (Wildman–Crippen LogP) is 2.60. The molecule has 0 atom stereocenters. The molecule has 5 nitrogen and oxygen atoms in total. The highest BCUT2D eigenvalue weighted by Gasteiger charge is 2.43. The fourth-order valence-electron chi connectivity index (χ4n) is 3.28. The van der Waals surface area contributed by atoms with Gasteiger partial charge in [-0.25, -0.2) is 4.98 Å². The molecule has 1 fully saturated rings. The lowest BCUT2D eigenvalue weighted by Crippen LogP contribution is -2.50. The first-order valence-corrected chi connectivity index (χ1v) is 8.15. The average molecular weight is 323 g/mol. The van der Waals surface area contributed by atoms with Crippen molar-refractivity contribution in [1.82, 2.24) is 9.88 Å². The number of likely N-dealkylation sites (tertiary alicyclic amines) is 1. The highest BCUT2D eigenvalue weighted by molar-refractivity contribution is 5.98. The molecule has 24 heavy (non-hydrogen) atoms. The van der Waals surface area contributed by atoms with Crippen molar-refractivity contribution in [2.75, 3.05) is 18.4 Å². The number of carbonyl (C=O) groups is 2. The van der Waals surface area contributed by atoms with Crippen molar-refractivity contribution in [3.8, 4) is 0 Å². The average Bonchev–Trinajstić information content (AvgIpc) is 2.63. The Morgan fingerprint density at radius 3 is 2.29 bits per heavy atom. The van der Waals surface area contributed by atoms with Crippen molar-refractivity contribution < 1.29 is 9.59 Å². The molecule has 1 aliphatic heterocycles. The molecular formula is C19H21N3O2. The fraction of sp³-hybridized carbons (Fsp3) is 0.316. The standard InChI is InChI=1S/C19H21N3O2/c1-15(23)22-13-10-19(11-14-22,16-7-3-2-4-8-16)18(24)21-17-9-5-6-12-20-17/h2-9,12H,10-11,13-14H2,1H3,(H,20,21,24). The first-order valence-electron chi connectivity index (χ1n) is 8.15. The van der Waals surface area contributed by atoms with Crippen LogP contribution >= 0.6 is 0 Å². The van der Waals surface area contributed by atoms with E-state index >= 15 is 0 Å². The van der Waals surface area contributed by atoms with Crippen LogP contribution in [-0.4, -0.2) is 34.8 Å². The van der Waals surface area contributed by atoms with Crippen molar-refractivity contribution in [1.29, 1.82) is 0 Å². The largest absolute Gasteiger partial charge is 0.343 e. The molecule has 124 valence electrons. The third kappa shape index (κ3) is 3.15. The van der Waals surface area contributed by atoms with E-state index in [9.17, 15) is 9.59 Å². The SMILES string of the molecule is CC(=O)N1CCC(C(=O)Nc2ccccn2)(c2ccccc2)CC1. The molecule has 0 spiro atoms. The second-order valence-electron chi connectivity index (χ2n) is 6.12. The van der Waals surface area contributed by atoms with E-state index in [1.54, 1.807) is 24.1 Å². The third-order valence-electron chi connectivity index (χ3n) is 4.73. The van der Waals surface area contributed by atoms with E-state index in [0.29, 0.717) is 31.7 Å². The molecular weight excluding hydrogens is 302 g/mol. The Kier molecular flexibility index (Phi) is 4.60. The second-order valence-corrected chi connectivity index (χ2v) is 6.12. The minimum absolute atomic E-state index is 0.0572. The molecule has 1 saturated heterocycles. The Hall–Kier alpha value is -2.69. The van der Waals surface area contributed by atoms with E-state index in [2.05, 4.69) is 10.3 Å². The van der Waals surface area contributed by atoms with Crippen LogP contribution in [0, 0.1) is 0 Å². The number of pyridine rings is 1. The molecule has 0 saturated carbocycles. The maximum absolute atomic E-state index is 13.1. The molecule has 0 radical (unpaired) electrons. The summed E-state index contributed by atoms with van der Waals surface area (Å²) in [6.45, 7) is 2.74. The summed E-state index contributed by atoms with van der Waals surface area (Å²) in [5.74, 6) is 0.546. The number of benzene rings is 1. The molecule has 2 aromatic rings. The van der Waals surface area contributed by atoms with E-state index < -0.39 is 5.41 Å². The molecule has 1 N–H and O–H groups in total. The Morgan fingerprint density at radius 1 is 1.04 bits per heavy atom. The van der Waals surface area contributed by atoms with Gasteiger partial charge in [0.1, 0.15) is 5.82 Å². The maximum atomic E-state index is 13.1. The minimum Gasteiger partial charge on any atom is -0.343 e. The zero-order valence-electron chi connectivity index (χ0n) is 13.7. The molecule has 2 heterocycles. The van der Waals surface area contributed by atoms with Gasteiger partial charge < -0.3 is 10.2 Å². The van der Waals surface area contributed by atoms with Gasteiger partial charge in [-0.1, -0.05) is 36.4 Å². The van der Waals surface area contributed by atoms with Crippen molar-refractivity contribution in [3.63, 3.8) is 0 Å². The van der Waals surface area contributed by atoms with Gasteiger partial charge in [0, 0.05) is 26.2 Å². The molecule has 5 heteroatoms. The van der Waals surface area contributed by atoms with Gasteiger partial charge in [-0.05, 0) is 30.5 Å². The van der Waals surface area contributed by atoms with E-state index in [4.69, 9.17) is 0 Å². The lowest BCUT2D eigenvalue weighted by atomic mass is 9.72. The normalized spacial score (nSPS) is 16.5. The van der Waals surface area contributed by atoms with Crippen LogP contribution in [-0.2, 0) is 15.0 Å². The molecule has 3 rings (SSSR count). The number of hydrogen-bond donors (Lipinski definition) is 1. The number of nitrogens with zero attached hydrogens (tertiary/aromatic N) is 2. The molecule has 1 aromatic carbocycles. The number of nitrogens with one attached hydrogen (secondary N) is 1. The number of amides is 2. The van der Waals surface area contributed by atoms with Crippen LogP contribution in [0.2, 0.25) is 0 Å². The van der Waals surface area contributed by atoms with Gasteiger partial charge in [-0.15, -0.1) is 0 Å². The number of anilines is 1. The zero-order chi connectivity index (χ0) is 17.0. The predicted molar refractivity (Wildman–Crippen MR) is 92.5 cm³/mol. The topological polar surface area (TPSA) is 62.3 Å². The lowest BCUT2D eigenvalue weighted by molar-refractivity contribution is -0.133. The second kappa shape index (κ2) is 6.83. The van der Waals surface area contributed by atoms with E-state index in [-0.39, 0.29) is 11.8 Å². The van der Waals surface area contributed by atoms with Crippen LogP contribution in [0.1, 0.15) is 25.3 Å². The number of carbonyl (C=O) groups excluding carboxylic acids is 2. The summed E-state index contributed by atoms with van der Waals surface area (Å²) in [5.41, 5.74) is 0.353. The fourth-order valence-corrected chi connectivity index (χ4v) is 3.28. The molecule has 2 amide bonds. The molecule has 0 aliphatic carbocycles. The molecule has 1 aliphatic rings. The lowest BCUT2D eigenvalue weighted by Gasteiger charge is -2.40. The first kappa shape index (κ1) is 16.2. The highest BCUT2D eigenvalue weighted by Crippen LogP contribution is 2.36. The van der Waals surface area contributed by atoms with Crippen LogP contribution < -0.4 is 5.32 Å². The van der Waals surface area contributed by atoms with Crippen molar-refractivity contribution >= 4 is 17.6 Å². The highest BCUT2D eigenvalue weighted by atomic mass is 16.2. The van der Waals surface area contributed by atoms with Gasteiger partial charge in [0.05, 0.1) is 5.41 Å². The van der Waals surface area contributed by atoms with E-state index in [1.807, 2.05) is 42.5 Å². The minimum atomic E-state index is -0.634. The van der Waals surface area contributed by atoms with Crippen LogP contribution in [0.3, 0.4) is 0 Å². The van der Waals surface area contributed by atoms with Gasteiger partial charge in [0.25, 0.3) is 0 Å². The van der Waals surface area contributed by atoms with Crippen molar-refractivity contribution in [3.05, 3.63) is 60.3 Å². The van der Waals surface area contributed by atoms with Gasteiger partial charge in [0.2, 0.25) is 11.8 Å². The Morgan fingerprint density at radius 2 is 1.71 bits per heavy atom. The number of aromatic nitrogens is 1. The van der Waals surface area contributed by atoms with Crippen molar-refractivity contribution in [2.24, 2.45) is 0 Å². The maximum Gasteiger partial charge on any atom is 0.236 e. The van der Waals surface area contributed by atoms with E-state index in [1.165, 1.54) is 0 Å². The van der Waals surface area contributed by atoms with Crippen LogP contribution in [0.25, 0.3) is 0 Å². The van der Waals surface area contributed by atoms with Crippen LogP contribution in [0.4, 0.5) is 5.82 Å². The monoisotopic (exact) mass is 323 g/mol.